The number of rotatable bonds is 9. The summed E-state index contributed by atoms with van der Waals surface area (Å²) < 4.78 is 32.5. The molecule has 2 fully saturated rings. The summed E-state index contributed by atoms with van der Waals surface area (Å²) in [6.45, 7) is 1.95. The molecule has 232 valence electrons. The number of ether oxygens (including phenoxy) is 1. The van der Waals surface area contributed by atoms with Crippen LogP contribution in [0.15, 0.2) is 29.2 Å². The third-order valence-corrected chi connectivity index (χ3v) is 9.11. The molecule has 2 aliphatic rings. The molecule has 2 heterocycles. The van der Waals surface area contributed by atoms with E-state index in [2.05, 4.69) is 15.6 Å². The minimum atomic E-state index is -0.972. The van der Waals surface area contributed by atoms with E-state index in [0.29, 0.717) is 69.2 Å². The van der Waals surface area contributed by atoms with Gasteiger partial charge >= 0.3 is 0 Å². The number of aromatic amines is 1. The fraction of sp³-hybridized carbons (Fsp3) is 0.483. The standard InChI is InChI=1S/C29H36F2N6O5S/c1-34-29(8-5-17(6-9-29)27(40)36-13-16-7-10-42-15-16)37(2)28(41)23-25(39)24(38)20(14-35-23)26(33)43-22(32)11-18-3-4-19(30)12-21(18)31/h3-4,12,14,16-17,32-34,39H,5-11,13,15H2,1-2H3,(H,35,38)(H,36,40). The van der Waals surface area contributed by atoms with Gasteiger partial charge in [-0.2, -0.15) is 0 Å². The van der Waals surface area contributed by atoms with Gasteiger partial charge < -0.3 is 25.0 Å². The maximum absolute atomic E-state index is 13.9. The van der Waals surface area contributed by atoms with Crippen molar-refractivity contribution in [3.8, 4) is 5.75 Å². The molecule has 6 N–H and O–H groups in total. The van der Waals surface area contributed by atoms with Crippen molar-refractivity contribution in [2.75, 3.05) is 33.9 Å². The second-order valence-electron chi connectivity index (χ2n) is 10.9. The monoisotopic (exact) mass is 618 g/mol. The number of pyridine rings is 1. The van der Waals surface area contributed by atoms with E-state index in [4.69, 9.17) is 15.6 Å². The Bertz CT molecular complexity index is 1450. The lowest BCUT2D eigenvalue weighted by atomic mass is 9.80. The van der Waals surface area contributed by atoms with Crippen molar-refractivity contribution in [2.24, 2.45) is 11.8 Å². The van der Waals surface area contributed by atoms with E-state index in [1.54, 1.807) is 14.1 Å². The predicted octanol–water partition coefficient (Wildman–Crippen LogP) is 2.97. The SMILES string of the molecule is CNC1(N(C)C(=O)c2[nH]cc(C(=N)SC(=N)Cc3ccc(F)cc3F)c(=O)c2O)CCC(C(=O)NCC2CCOC2)CC1. The van der Waals surface area contributed by atoms with Crippen molar-refractivity contribution in [3.05, 3.63) is 63.1 Å². The molecular weight excluding hydrogens is 582 g/mol. The number of hydrogen-bond donors (Lipinski definition) is 6. The summed E-state index contributed by atoms with van der Waals surface area (Å²) in [5.74, 6) is -2.98. The number of carbonyl (C=O) groups excluding carboxylic acids is 2. The fourth-order valence-electron chi connectivity index (χ4n) is 5.51. The third-order valence-electron chi connectivity index (χ3n) is 8.29. The molecule has 0 bridgehead atoms. The first kappa shape index (κ1) is 32.3. The lowest BCUT2D eigenvalue weighted by molar-refractivity contribution is -0.127. The number of H-pyrrole nitrogens is 1. The zero-order valence-corrected chi connectivity index (χ0v) is 24.8. The number of halogens is 2. The number of aromatic nitrogens is 1. The van der Waals surface area contributed by atoms with Gasteiger partial charge in [0.15, 0.2) is 11.4 Å². The molecule has 43 heavy (non-hydrogen) atoms. The minimum absolute atomic E-state index is 0.0145. The average Bonchev–Trinajstić information content (AvgIpc) is 3.52. The Morgan fingerprint density at radius 3 is 2.58 bits per heavy atom. The van der Waals surface area contributed by atoms with Gasteiger partial charge in [-0.15, -0.1) is 0 Å². The summed E-state index contributed by atoms with van der Waals surface area (Å²) in [5.41, 5.74) is -2.36. The van der Waals surface area contributed by atoms with Gasteiger partial charge in [-0.25, -0.2) is 8.78 Å². The Hall–Kier alpha value is -3.62. The molecule has 0 spiro atoms. The maximum Gasteiger partial charge on any atom is 0.275 e. The van der Waals surface area contributed by atoms with Crippen molar-refractivity contribution in [1.29, 1.82) is 10.8 Å². The molecule has 1 saturated carbocycles. The van der Waals surface area contributed by atoms with Crippen LogP contribution in [0.4, 0.5) is 8.78 Å². The molecule has 2 aromatic rings. The molecule has 11 nitrogen and oxygen atoms in total. The summed E-state index contributed by atoms with van der Waals surface area (Å²) in [6, 6.07) is 2.96. The molecule has 1 aromatic carbocycles. The quantitative estimate of drug-likeness (QED) is 0.142. The highest BCUT2D eigenvalue weighted by atomic mass is 32.2. The maximum atomic E-state index is 13.9. The van der Waals surface area contributed by atoms with E-state index >= 15 is 0 Å². The van der Waals surface area contributed by atoms with Gasteiger partial charge in [0.05, 0.1) is 22.9 Å². The molecular formula is C29H36F2N6O5S. The van der Waals surface area contributed by atoms with Crippen molar-refractivity contribution in [1.82, 2.24) is 20.5 Å². The average molecular weight is 619 g/mol. The van der Waals surface area contributed by atoms with Gasteiger partial charge in [0.1, 0.15) is 16.7 Å². The molecule has 1 unspecified atom stereocenters. The molecule has 1 aliphatic carbocycles. The zero-order valence-electron chi connectivity index (χ0n) is 24.0. The molecule has 1 atom stereocenters. The van der Waals surface area contributed by atoms with Crippen LogP contribution in [-0.4, -0.2) is 76.4 Å². The lowest BCUT2D eigenvalue weighted by Gasteiger charge is -2.46. The largest absolute Gasteiger partial charge is 0.503 e. The molecule has 2 amide bonds. The summed E-state index contributed by atoms with van der Waals surface area (Å²) in [7, 11) is 3.26. The van der Waals surface area contributed by atoms with Crippen LogP contribution in [-0.2, 0) is 16.0 Å². The summed E-state index contributed by atoms with van der Waals surface area (Å²) >= 11 is 0.573. The molecule has 1 aliphatic heterocycles. The van der Waals surface area contributed by atoms with Gasteiger partial charge in [-0.05, 0) is 50.8 Å². The van der Waals surface area contributed by atoms with Crippen LogP contribution in [0.3, 0.4) is 0 Å². The van der Waals surface area contributed by atoms with Gasteiger partial charge in [0.25, 0.3) is 5.91 Å². The Kier molecular flexibility index (Phi) is 10.4. The van der Waals surface area contributed by atoms with Gasteiger partial charge in [-0.1, -0.05) is 17.8 Å². The van der Waals surface area contributed by atoms with E-state index < -0.39 is 34.4 Å². The second-order valence-corrected chi connectivity index (χ2v) is 12.0. The smallest absolute Gasteiger partial charge is 0.275 e. The number of hydrogen-bond acceptors (Lipinski definition) is 9. The minimum Gasteiger partial charge on any atom is -0.503 e. The number of nitrogens with zero attached hydrogens (tertiary/aromatic N) is 1. The first-order chi connectivity index (χ1) is 20.5. The summed E-state index contributed by atoms with van der Waals surface area (Å²) in [5, 5.41) is 32.7. The Balaban J connectivity index is 1.39. The van der Waals surface area contributed by atoms with Gasteiger partial charge in [0, 0.05) is 50.7 Å². The summed E-state index contributed by atoms with van der Waals surface area (Å²) in [4.78, 5) is 43.2. The first-order valence-electron chi connectivity index (χ1n) is 14.0. The first-order valence-corrected chi connectivity index (χ1v) is 14.8. The third kappa shape index (κ3) is 7.31. The molecule has 1 aromatic heterocycles. The van der Waals surface area contributed by atoms with Crippen LogP contribution in [0, 0.1) is 34.3 Å². The lowest BCUT2D eigenvalue weighted by Crippen LogP contribution is -2.60. The van der Waals surface area contributed by atoms with E-state index in [-0.39, 0.29) is 45.2 Å². The van der Waals surface area contributed by atoms with E-state index in [1.165, 1.54) is 11.0 Å². The number of carbonyl (C=O) groups is 2. The zero-order chi connectivity index (χ0) is 31.3. The number of benzene rings is 1. The predicted molar refractivity (Wildman–Crippen MR) is 159 cm³/mol. The molecule has 4 rings (SSSR count). The highest BCUT2D eigenvalue weighted by molar-refractivity contribution is 8.26. The van der Waals surface area contributed by atoms with Gasteiger partial charge in [0.2, 0.25) is 11.3 Å². The Labute approximate surface area is 251 Å². The number of thioether (sulfide) groups is 1. The topological polar surface area (TPSA) is 171 Å². The van der Waals surface area contributed by atoms with E-state index in [9.17, 15) is 28.3 Å². The molecule has 1 saturated heterocycles. The Morgan fingerprint density at radius 1 is 1.23 bits per heavy atom. The van der Waals surface area contributed by atoms with Crippen LogP contribution in [0.25, 0.3) is 0 Å². The van der Waals surface area contributed by atoms with Crippen molar-refractivity contribution in [3.63, 3.8) is 0 Å². The fourth-order valence-corrected chi connectivity index (χ4v) is 6.25. The molecule has 0 radical (unpaired) electrons. The van der Waals surface area contributed by atoms with Crippen molar-refractivity contribution in [2.45, 2.75) is 44.2 Å². The number of aromatic hydroxyl groups is 1. The summed E-state index contributed by atoms with van der Waals surface area (Å²) in [6.07, 6.45) is 3.83. The van der Waals surface area contributed by atoms with Crippen LogP contribution in [0.2, 0.25) is 0 Å². The number of nitrogens with one attached hydrogen (secondary N) is 5. The highest BCUT2D eigenvalue weighted by Crippen LogP contribution is 2.35. The second kappa shape index (κ2) is 13.8. The van der Waals surface area contributed by atoms with Crippen molar-refractivity contribution >= 4 is 33.7 Å². The normalized spacial score (nSPS) is 21.8. The highest BCUT2D eigenvalue weighted by Gasteiger charge is 2.42. The van der Waals surface area contributed by atoms with Gasteiger partial charge in [-0.3, -0.25) is 30.5 Å². The van der Waals surface area contributed by atoms with E-state index in [0.717, 1.165) is 18.7 Å². The van der Waals surface area contributed by atoms with Crippen molar-refractivity contribution < 1.29 is 28.2 Å². The van der Waals surface area contributed by atoms with Crippen LogP contribution < -0.4 is 16.1 Å². The van der Waals surface area contributed by atoms with Crippen LogP contribution in [0.1, 0.15) is 53.7 Å². The number of amides is 2. The van der Waals surface area contributed by atoms with Crippen LogP contribution in [0.5, 0.6) is 5.75 Å². The van der Waals surface area contributed by atoms with E-state index in [1.807, 2.05) is 0 Å². The molecule has 14 heteroatoms. The Morgan fingerprint density at radius 2 is 1.95 bits per heavy atom. The van der Waals surface area contributed by atoms with Crippen LogP contribution >= 0.6 is 11.8 Å².